The van der Waals surface area contributed by atoms with E-state index in [9.17, 15) is 14.4 Å². The van der Waals surface area contributed by atoms with E-state index in [2.05, 4.69) is 5.32 Å². The molecule has 34 heavy (non-hydrogen) atoms. The van der Waals surface area contributed by atoms with Crippen molar-refractivity contribution in [3.05, 3.63) is 83.4 Å². The Labute approximate surface area is 199 Å². The lowest BCUT2D eigenvalue weighted by Gasteiger charge is -2.27. The molecule has 6 heteroatoms. The van der Waals surface area contributed by atoms with Crippen molar-refractivity contribution in [3.8, 4) is 0 Å². The maximum Gasteiger partial charge on any atom is 0.339 e. The fraction of sp³-hybridized carbons (Fsp3) is 0.250. The summed E-state index contributed by atoms with van der Waals surface area (Å²) < 4.78 is 4.87. The van der Waals surface area contributed by atoms with Gasteiger partial charge in [-0.25, -0.2) is 4.79 Å². The van der Waals surface area contributed by atoms with E-state index >= 15 is 0 Å². The average molecular weight is 457 g/mol. The topological polar surface area (TPSA) is 75.7 Å². The van der Waals surface area contributed by atoms with Gasteiger partial charge >= 0.3 is 5.97 Å². The molecule has 0 aromatic heterocycles. The highest BCUT2D eigenvalue weighted by Crippen LogP contribution is 2.24. The number of ether oxygens (including phenoxy) is 1. The van der Waals surface area contributed by atoms with Crippen LogP contribution in [0.5, 0.6) is 0 Å². The van der Waals surface area contributed by atoms with Crippen LogP contribution in [0, 0.1) is 0 Å². The SMILES string of the molecule is COC(=O)c1ccc(C(=O)N2CCCCC2)cc1NC(=O)C=C(C)c1ccc2ccccc2c1. The molecule has 0 atom stereocenters. The average Bonchev–Trinajstić information content (AvgIpc) is 2.87. The van der Waals surface area contributed by atoms with Gasteiger partial charge in [0.1, 0.15) is 0 Å². The van der Waals surface area contributed by atoms with E-state index in [1.165, 1.54) is 19.3 Å². The van der Waals surface area contributed by atoms with Crippen LogP contribution in [0.25, 0.3) is 16.3 Å². The van der Waals surface area contributed by atoms with Crippen LogP contribution in [-0.2, 0) is 9.53 Å². The predicted molar refractivity (Wildman–Crippen MR) is 134 cm³/mol. The van der Waals surface area contributed by atoms with E-state index in [-0.39, 0.29) is 17.2 Å². The van der Waals surface area contributed by atoms with Crippen molar-refractivity contribution in [2.45, 2.75) is 26.2 Å². The van der Waals surface area contributed by atoms with Crippen LogP contribution in [0.1, 0.15) is 52.5 Å². The fourth-order valence-corrected chi connectivity index (χ4v) is 4.23. The standard InChI is InChI=1S/C28H28N2O4/c1-19(21-11-10-20-8-4-5-9-22(20)17-21)16-26(31)29-25-18-23(12-13-24(25)28(33)34-2)27(32)30-14-6-3-7-15-30/h4-5,8-13,16-18H,3,6-7,14-15H2,1-2H3,(H,29,31). The third kappa shape index (κ3) is 5.17. The lowest BCUT2D eigenvalue weighted by molar-refractivity contribution is -0.111. The number of esters is 1. The Morgan fingerprint density at radius 2 is 1.59 bits per heavy atom. The third-order valence-corrected chi connectivity index (χ3v) is 6.13. The number of allylic oxidation sites excluding steroid dienone is 1. The van der Waals surface area contributed by atoms with Gasteiger partial charge in [-0.3, -0.25) is 9.59 Å². The van der Waals surface area contributed by atoms with Gasteiger partial charge in [-0.15, -0.1) is 0 Å². The van der Waals surface area contributed by atoms with Gasteiger partial charge in [0.2, 0.25) is 5.91 Å². The van der Waals surface area contributed by atoms with Crippen LogP contribution in [0.3, 0.4) is 0 Å². The summed E-state index contributed by atoms with van der Waals surface area (Å²) in [5, 5.41) is 4.99. The second-order valence-corrected chi connectivity index (χ2v) is 8.48. The Morgan fingerprint density at radius 1 is 0.882 bits per heavy atom. The fourth-order valence-electron chi connectivity index (χ4n) is 4.23. The maximum absolute atomic E-state index is 12.9. The van der Waals surface area contributed by atoms with Crippen molar-refractivity contribution >= 4 is 39.8 Å². The van der Waals surface area contributed by atoms with E-state index in [0.717, 1.165) is 41.2 Å². The zero-order chi connectivity index (χ0) is 24.1. The number of likely N-dealkylation sites (tertiary alicyclic amines) is 1. The van der Waals surface area contributed by atoms with Crippen LogP contribution in [0.15, 0.2) is 66.7 Å². The Hall–Kier alpha value is -3.93. The van der Waals surface area contributed by atoms with E-state index < -0.39 is 11.9 Å². The number of benzene rings is 3. The predicted octanol–water partition coefficient (Wildman–Crippen LogP) is 5.29. The number of nitrogens with one attached hydrogen (secondary N) is 1. The van der Waals surface area contributed by atoms with E-state index in [1.54, 1.807) is 12.1 Å². The number of fused-ring (bicyclic) bond motifs is 1. The Balaban J connectivity index is 1.59. The number of piperidine rings is 1. The second-order valence-electron chi connectivity index (χ2n) is 8.48. The van der Waals surface area contributed by atoms with E-state index in [0.29, 0.717) is 18.7 Å². The largest absolute Gasteiger partial charge is 0.465 e. The minimum Gasteiger partial charge on any atom is -0.465 e. The number of carbonyl (C=O) groups excluding carboxylic acids is 3. The van der Waals surface area contributed by atoms with Crippen LogP contribution in [0.4, 0.5) is 5.69 Å². The summed E-state index contributed by atoms with van der Waals surface area (Å²) in [5.41, 5.74) is 2.59. The van der Waals surface area contributed by atoms with Crippen LogP contribution < -0.4 is 5.32 Å². The summed E-state index contributed by atoms with van der Waals surface area (Å²) in [6, 6.07) is 18.7. The smallest absolute Gasteiger partial charge is 0.339 e. The number of hydrogen-bond donors (Lipinski definition) is 1. The monoisotopic (exact) mass is 456 g/mol. The van der Waals surface area contributed by atoms with Crippen LogP contribution in [0.2, 0.25) is 0 Å². The van der Waals surface area contributed by atoms with Gasteiger partial charge in [-0.1, -0.05) is 36.4 Å². The quantitative estimate of drug-likeness (QED) is 0.418. The molecule has 1 heterocycles. The van der Waals surface area contributed by atoms with Crippen molar-refractivity contribution in [1.82, 2.24) is 4.90 Å². The molecule has 3 aromatic rings. The first kappa shape index (κ1) is 23.2. The van der Waals surface area contributed by atoms with Gasteiger partial charge in [0.15, 0.2) is 0 Å². The van der Waals surface area contributed by atoms with Crippen molar-refractivity contribution in [3.63, 3.8) is 0 Å². The van der Waals surface area contributed by atoms with Crippen LogP contribution in [-0.4, -0.2) is 42.9 Å². The number of anilines is 1. The summed E-state index contributed by atoms with van der Waals surface area (Å²) in [4.78, 5) is 39.9. The van der Waals surface area contributed by atoms with Crippen LogP contribution >= 0.6 is 0 Å². The molecule has 0 saturated carbocycles. The number of amides is 2. The molecule has 0 aliphatic carbocycles. The molecule has 1 fully saturated rings. The molecule has 2 amide bonds. The molecule has 4 rings (SSSR count). The molecule has 6 nitrogen and oxygen atoms in total. The molecule has 1 N–H and O–H groups in total. The highest BCUT2D eigenvalue weighted by atomic mass is 16.5. The van der Waals surface area contributed by atoms with E-state index in [1.807, 2.05) is 54.3 Å². The van der Waals surface area contributed by atoms with Gasteiger partial charge in [-0.2, -0.15) is 0 Å². The number of carbonyl (C=O) groups is 3. The zero-order valence-electron chi connectivity index (χ0n) is 19.5. The maximum atomic E-state index is 12.9. The Morgan fingerprint density at radius 3 is 2.32 bits per heavy atom. The molecule has 0 bridgehead atoms. The number of methoxy groups -OCH3 is 1. The number of nitrogens with zero attached hydrogens (tertiary/aromatic N) is 1. The first-order valence-electron chi connectivity index (χ1n) is 11.5. The van der Waals surface area contributed by atoms with Gasteiger partial charge < -0.3 is 15.0 Å². The Kier molecular flexibility index (Phi) is 7.07. The number of hydrogen-bond acceptors (Lipinski definition) is 4. The van der Waals surface area contributed by atoms with Crippen molar-refractivity contribution < 1.29 is 19.1 Å². The molecule has 1 aliphatic rings. The van der Waals surface area contributed by atoms with Crippen molar-refractivity contribution in [2.75, 3.05) is 25.5 Å². The highest BCUT2D eigenvalue weighted by Gasteiger charge is 2.21. The lowest BCUT2D eigenvalue weighted by Crippen LogP contribution is -2.35. The first-order chi connectivity index (χ1) is 16.5. The minimum atomic E-state index is -0.581. The summed E-state index contributed by atoms with van der Waals surface area (Å²) in [6.45, 7) is 3.29. The molecule has 0 radical (unpaired) electrons. The Bertz CT molecular complexity index is 1270. The second kappa shape index (κ2) is 10.3. The number of rotatable bonds is 5. The van der Waals surface area contributed by atoms with Gasteiger partial charge in [0, 0.05) is 24.7 Å². The molecular weight excluding hydrogens is 428 g/mol. The van der Waals surface area contributed by atoms with Crippen molar-refractivity contribution in [2.24, 2.45) is 0 Å². The zero-order valence-corrected chi connectivity index (χ0v) is 19.5. The molecule has 174 valence electrons. The summed E-state index contributed by atoms with van der Waals surface area (Å²) in [7, 11) is 1.28. The third-order valence-electron chi connectivity index (χ3n) is 6.13. The molecule has 0 spiro atoms. The van der Waals surface area contributed by atoms with Crippen molar-refractivity contribution in [1.29, 1.82) is 0 Å². The molecule has 1 aliphatic heterocycles. The molecular formula is C28H28N2O4. The first-order valence-corrected chi connectivity index (χ1v) is 11.5. The molecule has 1 saturated heterocycles. The molecule has 3 aromatic carbocycles. The van der Waals surface area contributed by atoms with Gasteiger partial charge in [-0.05, 0) is 72.4 Å². The minimum absolute atomic E-state index is 0.102. The molecule has 0 unspecified atom stereocenters. The van der Waals surface area contributed by atoms with Gasteiger partial charge in [0.25, 0.3) is 5.91 Å². The van der Waals surface area contributed by atoms with Gasteiger partial charge in [0.05, 0.1) is 18.4 Å². The summed E-state index contributed by atoms with van der Waals surface area (Å²) in [5.74, 6) is -1.07. The van der Waals surface area contributed by atoms with E-state index in [4.69, 9.17) is 4.74 Å². The lowest BCUT2D eigenvalue weighted by atomic mass is 10.0. The highest BCUT2D eigenvalue weighted by molar-refractivity contribution is 6.09. The summed E-state index contributed by atoms with van der Waals surface area (Å²) >= 11 is 0. The summed E-state index contributed by atoms with van der Waals surface area (Å²) in [6.07, 6.45) is 4.57. The normalized spacial score (nSPS) is 14.1.